The van der Waals surface area contributed by atoms with Gasteiger partial charge in [-0.25, -0.2) is 9.97 Å². The molecule has 24 heavy (non-hydrogen) atoms. The van der Waals surface area contributed by atoms with Crippen LogP contribution in [0, 0.1) is 0 Å². The smallest absolute Gasteiger partial charge is 0.230 e. The zero-order chi connectivity index (χ0) is 15.9. The van der Waals surface area contributed by atoms with Crippen LogP contribution < -0.4 is 10.6 Å². The van der Waals surface area contributed by atoms with Crippen LogP contribution in [0.4, 0.5) is 11.8 Å². The fourth-order valence-electron chi connectivity index (χ4n) is 3.11. The first-order valence-corrected chi connectivity index (χ1v) is 7.92. The maximum atomic E-state index is 4.68. The Labute approximate surface area is 137 Å². The Morgan fingerprint density at radius 1 is 1.04 bits per heavy atom. The fourth-order valence-corrected chi connectivity index (χ4v) is 3.11. The van der Waals surface area contributed by atoms with Gasteiger partial charge in [0.2, 0.25) is 5.95 Å². The SMILES string of the molecule is c1cc2c(cn1)[nH]c1nc(Nc3ccc4c(n3)CCNC4)ncc12. The predicted octanol–water partition coefficient (Wildman–Crippen LogP) is 2.29. The summed E-state index contributed by atoms with van der Waals surface area (Å²) < 4.78 is 0. The van der Waals surface area contributed by atoms with Gasteiger partial charge in [0.05, 0.1) is 11.7 Å². The van der Waals surface area contributed by atoms with Crippen molar-refractivity contribution in [2.75, 3.05) is 11.9 Å². The van der Waals surface area contributed by atoms with Gasteiger partial charge in [-0.15, -0.1) is 0 Å². The summed E-state index contributed by atoms with van der Waals surface area (Å²) in [6.45, 7) is 1.85. The Morgan fingerprint density at radius 3 is 3.04 bits per heavy atom. The number of nitrogens with one attached hydrogen (secondary N) is 3. The molecule has 1 aliphatic rings. The first-order valence-electron chi connectivity index (χ1n) is 7.92. The molecule has 4 aromatic rings. The minimum Gasteiger partial charge on any atom is -0.338 e. The van der Waals surface area contributed by atoms with E-state index < -0.39 is 0 Å². The third kappa shape index (κ3) is 2.17. The monoisotopic (exact) mass is 317 g/mol. The normalized spacial score (nSPS) is 14.0. The highest BCUT2D eigenvalue weighted by Crippen LogP contribution is 2.24. The number of fused-ring (bicyclic) bond motifs is 4. The number of hydrogen-bond acceptors (Lipinski definition) is 6. The molecule has 0 radical (unpaired) electrons. The van der Waals surface area contributed by atoms with Gasteiger partial charge in [0, 0.05) is 48.4 Å². The second kappa shape index (κ2) is 5.24. The van der Waals surface area contributed by atoms with Crippen LogP contribution in [0.15, 0.2) is 36.8 Å². The highest BCUT2D eigenvalue weighted by molar-refractivity contribution is 6.05. The lowest BCUT2D eigenvalue weighted by molar-refractivity contribution is 0.631. The van der Waals surface area contributed by atoms with Gasteiger partial charge in [-0.1, -0.05) is 6.07 Å². The van der Waals surface area contributed by atoms with Crippen molar-refractivity contribution in [3.63, 3.8) is 0 Å². The number of aromatic amines is 1. The minimum absolute atomic E-state index is 0.531. The Kier molecular flexibility index (Phi) is 2.92. The average molecular weight is 317 g/mol. The maximum absolute atomic E-state index is 4.68. The molecule has 118 valence electrons. The molecule has 7 heteroatoms. The summed E-state index contributed by atoms with van der Waals surface area (Å²) >= 11 is 0. The molecule has 4 aromatic heterocycles. The predicted molar refractivity (Wildman–Crippen MR) is 92.1 cm³/mol. The van der Waals surface area contributed by atoms with Gasteiger partial charge >= 0.3 is 0 Å². The molecule has 5 rings (SSSR count). The average Bonchev–Trinajstić information content (AvgIpc) is 2.99. The summed E-state index contributed by atoms with van der Waals surface area (Å²) in [6, 6.07) is 6.03. The topological polar surface area (TPSA) is 91.4 Å². The van der Waals surface area contributed by atoms with Crippen LogP contribution in [0.5, 0.6) is 0 Å². The number of nitrogens with zero attached hydrogens (tertiary/aromatic N) is 4. The molecule has 1 aliphatic heterocycles. The number of hydrogen-bond donors (Lipinski definition) is 3. The summed E-state index contributed by atoms with van der Waals surface area (Å²) in [4.78, 5) is 21.1. The van der Waals surface area contributed by atoms with Crippen molar-refractivity contribution in [3.05, 3.63) is 48.0 Å². The van der Waals surface area contributed by atoms with Crippen LogP contribution in [0.2, 0.25) is 0 Å². The van der Waals surface area contributed by atoms with Crippen LogP contribution in [-0.2, 0) is 13.0 Å². The van der Waals surface area contributed by atoms with Crippen molar-refractivity contribution in [2.24, 2.45) is 0 Å². The van der Waals surface area contributed by atoms with Crippen LogP contribution in [0.25, 0.3) is 21.9 Å². The lowest BCUT2D eigenvalue weighted by atomic mass is 10.1. The number of aromatic nitrogens is 5. The summed E-state index contributed by atoms with van der Waals surface area (Å²) in [6.07, 6.45) is 6.34. The van der Waals surface area contributed by atoms with Gasteiger partial charge in [0.25, 0.3) is 0 Å². The summed E-state index contributed by atoms with van der Waals surface area (Å²) in [7, 11) is 0. The Hall–Kier alpha value is -3.06. The minimum atomic E-state index is 0.531. The Morgan fingerprint density at radius 2 is 2.04 bits per heavy atom. The van der Waals surface area contributed by atoms with Crippen LogP contribution in [0.1, 0.15) is 11.3 Å². The van der Waals surface area contributed by atoms with E-state index in [4.69, 9.17) is 0 Å². The molecule has 0 atom stereocenters. The molecule has 0 bridgehead atoms. The van der Waals surface area contributed by atoms with E-state index in [-0.39, 0.29) is 0 Å². The molecular weight excluding hydrogens is 302 g/mol. The van der Waals surface area contributed by atoms with E-state index in [9.17, 15) is 0 Å². The van der Waals surface area contributed by atoms with Crippen LogP contribution >= 0.6 is 0 Å². The molecule has 0 amide bonds. The number of pyridine rings is 2. The van der Waals surface area contributed by atoms with Crippen molar-refractivity contribution in [1.82, 2.24) is 30.2 Å². The van der Waals surface area contributed by atoms with Gasteiger partial charge in [-0.2, -0.15) is 4.98 Å². The van der Waals surface area contributed by atoms with Crippen LogP contribution in [-0.4, -0.2) is 31.5 Å². The molecule has 3 N–H and O–H groups in total. The Bertz CT molecular complexity index is 1050. The second-order valence-corrected chi connectivity index (χ2v) is 5.86. The maximum Gasteiger partial charge on any atom is 0.230 e. The molecule has 0 aliphatic carbocycles. The van der Waals surface area contributed by atoms with Gasteiger partial charge in [0.1, 0.15) is 11.5 Å². The van der Waals surface area contributed by atoms with Crippen molar-refractivity contribution in [1.29, 1.82) is 0 Å². The van der Waals surface area contributed by atoms with E-state index >= 15 is 0 Å². The van der Waals surface area contributed by atoms with Crippen molar-refractivity contribution in [3.8, 4) is 0 Å². The second-order valence-electron chi connectivity index (χ2n) is 5.86. The lowest BCUT2D eigenvalue weighted by Gasteiger charge is -2.16. The zero-order valence-corrected chi connectivity index (χ0v) is 12.9. The number of H-pyrrole nitrogens is 1. The lowest BCUT2D eigenvalue weighted by Crippen LogP contribution is -2.24. The molecule has 0 unspecified atom stereocenters. The Balaban J connectivity index is 1.51. The van der Waals surface area contributed by atoms with Gasteiger partial charge in [-0.3, -0.25) is 4.98 Å². The largest absolute Gasteiger partial charge is 0.338 e. The van der Waals surface area contributed by atoms with E-state index in [1.54, 1.807) is 12.4 Å². The fraction of sp³-hybridized carbons (Fsp3) is 0.176. The molecule has 0 saturated heterocycles. The summed E-state index contributed by atoms with van der Waals surface area (Å²) in [5.74, 6) is 1.30. The molecular formula is C17H15N7. The highest BCUT2D eigenvalue weighted by atomic mass is 15.1. The molecule has 7 nitrogen and oxygen atoms in total. The molecule has 5 heterocycles. The molecule has 0 fully saturated rings. The zero-order valence-electron chi connectivity index (χ0n) is 12.9. The van der Waals surface area contributed by atoms with Crippen molar-refractivity contribution in [2.45, 2.75) is 13.0 Å². The molecule has 0 saturated carbocycles. The summed E-state index contributed by atoms with van der Waals surface area (Å²) in [5.41, 5.74) is 4.14. The first-order chi connectivity index (χ1) is 11.9. The first kappa shape index (κ1) is 13.4. The van der Waals surface area contributed by atoms with E-state index in [0.29, 0.717) is 5.95 Å². The quantitative estimate of drug-likeness (QED) is 0.525. The van der Waals surface area contributed by atoms with Crippen molar-refractivity contribution >= 4 is 33.7 Å². The third-order valence-corrected chi connectivity index (χ3v) is 4.32. The molecule has 0 aromatic carbocycles. The number of anilines is 2. The van der Waals surface area contributed by atoms with Gasteiger partial charge < -0.3 is 15.6 Å². The van der Waals surface area contributed by atoms with Crippen LogP contribution in [0.3, 0.4) is 0 Å². The summed E-state index contributed by atoms with van der Waals surface area (Å²) in [5, 5.41) is 8.61. The van der Waals surface area contributed by atoms with Gasteiger partial charge in [0.15, 0.2) is 0 Å². The number of rotatable bonds is 2. The van der Waals surface area contributed by atoms with Gasteiger partial charge in [-0.05, 0) is 17.7 Å². The third-order valence-electron chi connectivity index (χ3n) is 4.32. The highest BCUT2D eigenvalue weighted by Gasteiger charge is 2.12. The van der Waals surface area contributed by atoms with E-state index in [0.717, 1.165) is 53.0 Å². The standard InChI is InChI=1S/C17H15N7/c1-2-15(21-13-4-6-18-7-10(1)13)23-17-20-8-12-11-3-5-19-9-14(11)22-16(12)24-17/h1-3,5,8-9,18H,4,6-7H2,(H2,20,21,22,23,24). The molecule has 0 spiro atoms. The van der Waals surface area contributed by atoms with E-state index in [1.807, 2.05) is 18.3 Å². The van der Waals surface area contributed by atoms with Crippen molar-refractivity contribution < 1.29 is 0 Å². The van der Waals surface area contributed by atoms with E-state index in [1.165, 1.54) is 5.56 Å². The van der Waals surface area contributed by atoms with E-state index in [2.05, 4.69) is 41.6 Å².